The number of aryl methyl sites for hydroxylation is 1. The van der Waals surface area contributed by atoms with Crippen LogP contribution in [-0.2, 0) is 7.05 Å². The van der Waals surface area contributed by atoms with Crippen molar-refractivity contribution in [1.29, 1.82) is 0 Å². The van der Waals surface area contributed by atoms with Gasteiger partial charge in [-0.3, -0.25) is 4.68 Å². The largest absolute Gasteiger partial charge is 0.496 e. The van der Waals surface area contributed by atoms with Crippen LogP contribution in [0, 0.1) is 0 Å². The lowest BCUT2D eigenvalue weighted by Crippen LogP contribution is -2.00. The number of aromatic carboxylic acids is 1. The van der Waals surface area contributed by atoms with Crippen LogP contribution in [0.1, 0.15) is 10.4 Å². The number of rotatable bonds is 3. The van der Waals surface area contributed by atoms with Gasteiger partial charge in [-0.15, -0.1) is 0 Å². The molecule has 1 aromatic heterocycles. The summed E-state index contributed by atoms with van der Waals surface area (Å²) in [7, 11) is 3.33. The predicted molar refractivity (Wildman–Crippen MR) is 62.2 cm³/mol. The van der Waals surface area contributed by atoms with E-state index in [1.165, 1.54) is 13.2 Å². The van der Waals surface area contributed by atoms with E-state index >= 15 is 0 Å². The molecule has 2 aromatic rings. The SMILES string of the molecule is COc1cc(C(=O)O)ccc1-c1ccnn1C. The third-order valence-electron chi connectivity index (χ3n) is 2.55. The van der Waals surface area contributed by atoms with Crippen LogP contribution in [0.2, 0.25) is 0 Å². The standard InChI is InChI=1S/C12H12N2O3/c1-14-10(5-6-13-14)9-4-3-8(12(15)16)7-11(9)17-2/h3-7H,1-2H3,(H,15,16). The normalized spacial score (nSPS) is 10.2. The Morgan fingerprint density at radius 3 is 2.71 bits per heavy atom. The lowest BCUT2D eigenvalue weighted by Gasteiger charge is -2.09. The fraction of sp³-hybridized carbons (Fsp3) is 0.167. The van der Waals surface area contributed by atoms with Crippen LogP contribution in [0.3, 0.4) is 0 Å². The summed E-state index contributed by atoms with van der Waals surface area (Å²) in [5.74, 6) is -0.451. The number of ether oxygens (including phenoxy) is 1. The summed E-state index contributed by atoms with van der Waals surface area (Å²) in [5.41, 5.74) is 1.89. The number of carbonyl (C=O) groups is 1. The van der Waals surface area contributed by atoms with Crippen molar-refractivity contribution in [3.63, 3.8) is 0 Å². The Balaban J connectivity index is 2.56. The third kappa shape index (κ3) is 1.99. The highest BCUT2D eigenvalue weighted by atomic mass is 16.5. The maximum absolute atomic E-state index is 10.9. The van der Waals surface area contributed by atoms with E-state index in [1.807, 2.05) is 13.1 Å². The summed E-state index contributed by atoms with van der Waals surface area (Å²) >= 11 is 0. The molecule has 88 valence electrons. The van der Waals surface area contributed by atoms with E-state index in [0.29, 0.717) is 5.75 Å². The topological polar surface area (TPSA) is 64.3 Å². The summed E-state index contributed by atoms with van der Waals surface area (Å²) in [6.45, 7) is 0. The van der Waals surface area contributed by atoms with Gasteiger partial charge in [0.2, 0.25) is 0 Å². The second kappa shape index (κ2) is 4.29. The van der Waals surface area contributed by atoms with Crippen LogP contribution in [0.4, 0.5) is 0 Å². The molecule has 0 saturated heterocycles. The Hall–Kier alpha value is -2.30. The Morgan fingerprint density at radius 2 is 2.18 bits per heavy atom. The number of nitrogens with zero attached hydrogens (tertiary/aromatic N) is 2. The molecule has 0 aliphatic carbocycles. The number of hydrogen-bond donors (Lipinski definition) is 1. The molecule has 0 aliphatic heterocycles. The van der Waals surface area contributed by atoms with Gasteiger partial charge in [-0.05, 0) is 24.3 Å². The second-order valence-corrected chi connectivity index (χ2v) is 3.56. The molecule has 5 nitrogen and oxygen atoms in total. The maximum Gasteiger partial charge on any atom is 0.335 e. The monoisotopic (exact) mass is 232 g/mol. The number of aromatic nitrogens is 2. The van der Waals surface area contributed by atoms with E-state index in [9.17, 15) is 4.79 Å². The average Bonchev–Trinajstić information content (AvgIpc) is 2.74. The first kappa shape index (κ1) is 11.2. The maximum atomic E-state index is 10.9. The zero-order valence-electron chi connectivity index (χ0n) is 9.54. The quantitative estimate of drug-likeness (QED) is 0.876. The van der Waals surface area contributed by atoms with Crippen LogP contribution in [0.5, 0.6) is 5.75 Å². The van der Waals surface area contributed by atoms with E-state index in [-0.39, 0.29) is 5.56 Å². The Morgan fingerprint density at radius 1 is 1.41 bits per heavy atom. The molecule has 17 heavy (non-hydrogen) atoms. The minimum absolute atomic E-state index is 0.202. The second-order valence-electron chi connectivity index (χ2n) is 3.56. The van der Waals surface area contributed by atoms with Crippen LogP contribution in [-0.4, -0.2) is 28.0 Å². The minimum Gasteiger partial charge on any atom is -0.496 e. The van der Waals surface area contributed by atoms with Crippen molar-refractivity contribution in [3.8, 4) is 17.0 Å². The Labute approximate surface area is 98.3 Å². The molecule has 0 radical (unpaired) electrons. The van der Waals surface area contributed by atoms with E-state index in [0.717, 1.165) is 11.3 Å². The molecule has 0 spiro atoms. The Bertz CT molecular complexity index is 561. The molecule has 0 atom stereocenters. The highest BCUT2D eigenvalue weighted by Gasteiger charge is 2.12. The van der Waals surface area contributed by atoms with Crippen LogP contribution < -0.4 is 4.74 Å². The molecule has 0 fully saturated rings. The molecule has 0 aliphatic rings. The summed E-state index contributed by atoms with van der Waals surface area (Å²) in [6, 6.07) is 6.62. The summed E-state index contributed by atoms with van der Waals surface area (Å²) in [6.07, 6.45) is 1.68. The lowest BCUT2D eigenvalue weighted by molar-refractivity contribution is 0.0696. The summed E-state index contributed by atoms with van der Waals surface area (Å²) in [5, 5.41) is 13.0. The molecule has 0 amide bonds. The molecular formula is C12H12N2O3. The molecule has 0 bridgehead atoms. The Kier molecular flexibility index (Phi) is 2.82. The predicted octanol–water partition coefficient (Wildman–Crippen LogP) is 1.79. The summed E-state index contributed by atoms with van der Waals surface area (Å²) in [4.78, 5) is 10.9. The van der Waals surface area contributed by atoms with Gasteiger partial charge in [0.25, 0.3) is 0 Å². The number of methoxy groups -OCH3 is 1. The van der Waals surface area contributed by atoms with Gasteiger partial charge in [0.1, 0.15) is 5.75 Å². The van der Waals surface area contributed by atoms with Crippen molar-refractivity contribution in [2.75, 3.05) is 7.11 Å². The molecule has 5 heteroatoms. The van der Waals surface area contributed by atoms with Crippen molar-refractivity contribution in [2.24, 2.45) is 7.05 Å². The van der Waals surface area contributed by atoms with Gasteiger partial charge in [-0.1, -0.05) is 0 Å². The fourth-order valence-electron chi connectivity index (χ4n) is 1.67. The average molecular weight is 232 g/mol. The summed E-state index contributed by atoms with van der Waals surface area (Å²) < 4.78 is 6.92. The molecule has 2 rings (SSSR count). The highest BCUT2D eigenvalue weighted by Crippen LogP contribution is 2.30. The molecule has 1 aromatic carbocycles. The van der Waals surface area contributed by atoms with Gasteiger partial charge in [0.05, 0.1) is 18.4 Å². The van der Waals surface area contributed by atoms with Crippen molar-refractivity contribution in [1.82, 2.24) is 9.78 Å². The van der Waals surface area contributed by atoms with Gasteiger partial charge in [-0.25, -0.2) is 4.79 Å². The zero-order valence-corrected chi connectivity index (χ0v) is 9.54. The molecular weight excluding hydrogens is 220 g/mol. The van der Waals surface area contributed by atoms with Crippen LogP contribution in [0.15, 0.2) is 30.5 Å². The first-order chi connectivity index (χ1) is 8.13. The first-order valence-corrected chi connectivity index (χ1v) is 5.03. The molecule has 0 unspecified atom stereocenters. The van der Waals surface area contributed by atoms with Crippen molar-refractivity contribution < 1.29 is 14.6 Å². The van der Waals surface area contributed by atoms with Crippen molar-refractivity contribution in [2.45, 2.75) is 0 Å². The van der Waals surface area contributed by atoms with Gasteiger partial charge in [0.15, 0.2) is 0 Å². The molecule has 1 N–H and O–H groups in total. The fourth-order valence-corrected chi connectivity index (χ4v) is 1.67. The smallest absolute Gasteiger partial charge is 0.335 e. The molecule has 0 saturated carbocycles. The van der Waals surface area contributed by atoms with Gasteiger partial charge in [0, 0.05) is 18.8 Å². The van der Waals surface area contributed by atoms with Crippen molar-refractivity contribution in [3.05, 3.63) is 36.0 Å². The van der Waals surface area contributed by atoms with E-state index < -0.39 is 5.97 Å². The minimum atomic E-state index is -0.972. The first-order valence-electron chi connectivity index (χ1n) is 5.03. The lowest BCUT2D eigenvalue weighted by atomic mass is 10.1. The van der Waals surface area contributed by atoms with Crippen LogP contribution >= 0.6 is 0 Å². The zero-order chi connectivity index (χ0) is 12.4. The van der Waals surface area contributed by atoms with E-state index in [2.05, 4.69) is 5.10 Å². The molecule has 1 heterocycles. The number of carboxylic acids is 1. The third-order valence-corrected chi connectivity index (χ3v) is 2.55. The van der Waals surface area contributed by atoms with Gasteiger partial charge < -0.3 is 9.84 Å². The number of hydrogen-bond acceptors (Lipinski definition) is 3. The highest BCUT2D eigenvalue weighted by molar-refractivity contribution is 5.89. The number of carboxylic acid groups (broad SMARTS) is 1. The van der Waals surface area contributed by atoms with E-state index in [1.54, 1.807) is 23.0 Å². The van der Waals surface area contributed by atoms with Gasteiger partial charge in [-0.2, -0.15) is 5.10 Å². The van der Waals surface area contributed by atoms with E-state index in [4.69, 9.17) is 9.84 Å². The van der Waals surface area contributed by atoms with Crippen LogP contribution in [0.25, 0.3) is 11.3 Å². The van der Waals surface area contributed by atoms with Gasteiger partial charge >= 0.3 is 5.97 Å². The van der Waals surface area contributed by atoms with Crippen molar-refractivity contribution >= 4 is 5.97 Å². The number of benzene rings is 1.